The quantitative estimate of drug-likeness (QED) is 0.370. The van der Waals surface area contributed by atoms with E-state index in [0.717, 1.165) is 25.3 Å². The van der Waals surface area contributed by atoms with E-state index in [1.54, 1.807) is 6.92 Å². The number of nitrogens with zero attached hydrogens (tertiary/aromatic N) is 2. The number of halogens is 5. The summed E-state index contributed by atoms with van der Waals surface area (Å²) in [6, 6.07) is 3.88. The van der Waals surface area contributed by atoms with E-state index in [2.05, 4.69) is 15.3 Å². The van der Waals surface area contributed by atoms with E-state index in [9.17, 15) is 22.7 Å². The number of nitrogens with one attached hydrogen (secondary N) is 1. The van der Waals surface area contributed by atoms with Gasteiger partial charge in [-0.3, -0.25) is 0 Å². The Morgan fingerprint density at radius 2 is 1.86 bits per heavy atom. The summed E-state index contributed by atoms with van der Waals surface area (Å²) in [7, 11) is 1.44. The lowest BCUT2D eigenvalue weighted by Crippen LogP contribution is -2.59. The molecule has 1 heterocycles. The molecule has 1 fully saturated rings. The third-order valence-electron chi connectivity index (χ3n) is 7.70. The van der Waals surface area contributed by atoms with Gasteiger partial charge in [-0.15, -0.1) is 0 Å². The van der Waals surface area contributed by atoms with Crippen molar-refractivity contribution in [3.63, 3.8) is 0 Å². The minimum absolute atomic E-state index is 0.0171. The van der Waals surface area contributed by atoms with Gasteiger partial charge in [-0.2, -0.15) is 13.2 Å². The Balaban J connectivity index is 1.76. The molecule has 36 heavy (non-hydrogen) atoms. The largest absolute Gasteiger partial charge is 0.495 e. The van der Waals surface area contributed by atoms with Crippen LogP contribution in [0.3, 0.4) is 0 Å². The Bertz CT molecular complexity index is 1330. The van der Waals surface area contributed by atoms with Crippen molar-refractivity contribution in [1.82, 2.24) is 9.97 Å². The van der Waals surface area contributed by atoms with Crippen molar-refractivity contribution >= 4 is 28.2 Å². The van der Waals surface area contributed by atoms with E-state index in [4.69, 9.17) is 16.3 Å². The van der Waals surface area contributed by atoms with Crippen LogP contribution in [0.2, 0.25) is 5.02 Å². The molecule has 2 atom stereocenters. The fourth-order valence-corrected chi connectivity index (χ4v) is 6.33. The van der Waals surface area contributed by atoms with Crippen molar-refractivity contribution in [3.05, 3.63) is 58.3 Å². The molecule has 2 unspecified atom stereocenters. The van der Waals surface area contributed by atoms with Gasteiger partial charge in [0.1, 0.15) is 22.9 Å². The first-order chi connectivity index (χ1) is 17.0. The standard InChI is InChI=1S/C26H26ClF4N3O2/c1-14-32-12-16-19(9-8-18(28)21(16)33-14)34-23-15-6-7-17(27)22(36-2)20(15)24(10-4-3-5-11-24)13-25(23,35)26(29,30)31/h6-9,12,23,34-35H,3-5,10-11,13H2,1-2H3. The number of alkyl halides is 3. The first-order valence-corrected chi connectivity index (χ1v) is 12.2. The minimum atomic E-state index is -4.96. The number of hydrogen-bond donors (Lipinski definition) is 2. The molecule has 2 N–H and O–H groups in total. The fourth-order valence-electron chi connectivity index (χ4n) is 6.10. The van der Waals surface area contributed by atoms with Crippen LogP contribution in [0.4, 0.5) is 23.2 Å². The summed E-state index contributed by atoms with van der Waals surface area (Å²) in [6.07, 6.45) is -0.788. The number of hydrogen-bond acceptors (Lipinski definition) is 5. The lowest BCUT2D eigenvalue weighted by molar-refractivity contribution is -0.277. The molecule has 1 saturated carbocycles. The maximum Gasteiger partial charge on any atom is 0.419 e. The van der Waals surface area contributed by atoms with Crippen molar-refractivity contribution in [2.24, 2.45) is 0 Å². The SMILES string of the molecule is COc1c(Cl)ccc2c1C1(CCCCC1)CC(O)(C(F)(F)F)C2Nc1ccc(F)c2nc(C)ncc12. The van der Waals surface area contributed by atoms with Crippen LogP contribution in [0.25, 0.3) is 10.9 Å². The van der Waals surface area contributed by atoms with Gasteiger partial charge >= 0.3 is 6.18 Å². The molecule has 5 nitrogen and oxygen atoms in total. The summed E-state index contributed by atoms with van der Waals surface area (Å²) in [5.74, 6) is 0.0350. The molecule has 1 spiro atoms. The average Bonchev–Trinajstić information content (AvgIpc) is 2.83. The Morgan fingerprint density at radius 1 is 1.14 bits per heavy atom. The first-order valence-electron chi connectivity index (χ1n) is 11.9. The molecule has 1 aromatic heterocycles. The van der Waals surface area contributed by atoms with Crippen molar-refractivity contribution in [3.8, 4) is 5.75 Å². The molecule has 3 aromatic rings. The highest BCUT2D eigenvalue weighted by molar-refractivity contribution is 6.32. The van der Waals surface area contributed by atoms with Crippen LogP contribution in [0.5, 0.6) is 5.75 Å². The second-order valence-corrected chi connectivity index (χ2v) is 10.2. The number of rotatable bonds is 3. The summed E-state index contributed by atoms with van der Waals surface area (Å²) in [5.41, 5.74) is -3.04. The second kappa shape index (κ2) is 8.73. The zero-order valence-corrected chi connectivity index (χ0v) is 20.6. The molecular formula is C26H26ClF4N3O2. The number of aromatic nitrogens is 2. The molecule has 0 bridgehead atoms. The molecule has 0 amide bonds. The van der Waals surface area contributed by atoms with Crippen molar-refractivity contribution in [2.75, 3.05) is 12.4 Å². The summed E-state index contributed by atoms with van der Waals surface area (Å²) in [6.45, 7) is 1.60. The molecule has 2 aromatic carbocycles. The lowest BCUT2D eigenvalue weighted by Gasteiger charge is -2.53. The monoisotopic (exact) mass is 523 g/mol. The van der Waals surface area contributed by atoms with Gasteiger partial charge in [0.05, 0.1) is 18.2 Å². The maximum atomic E-state index is 14.8. The van der Waals surface area contributed by atoms with E-state index < -0.39 is 35.5 Å². The summed E-state index contributed by atoms with van der Waals surface area (Å²) in [5, 5.41) is 14.9. The Hall–Kier alpha value is -2.65. The van der Waals surface area contributed by atoms with E-state index in [0.29, 0.717) is 35.0 Å². The predicted octanol–water partition coefficient (Wildman–Crippen LogP) is 6.79. The third-order valence-corrected chi connectivity index (χ3v) is 7.99. The summed E-state index contributed by atoms with van der Waals surface area (Å²) >= 11 is 6.45. The van der Waals surface area contributed by atoms with E-state index >= 15 is 0 Å². The second-order valence-electron chi connectivity index (χ2n) is 9.84. The van der Waals surface area contributed by atoms with Gasteiger partial charge in [-0.1, -0.05) is 36.9 Å². The third kappa shape index (κ3) is 3.78. The van der Waals surface area contributed by atoms with E-state index in [-0.39, 0.29) is 22.2 Å². The van der Waals surface area contributed by atoms with Gasteiger partial charge in [0, 0.05) is 28.2 Å². The van der Waals surface area contributed by atoms with Crippen LogP contribution in [-0.4, -0.2) is 34.0 Å². The van der Waals surface area contributed by atoms with Gasteiger partial charge in [0.2, 0.25) is 0 Å². The molecule has 10 heteroatoms. The molecule has 0 aliphatic heterocycles. The minimum Gasteiger partial charge on any atom is -0.495 e. The number of ether oxygens (including phenoxy) is 1. The molecule has 0 saturated heterocycles. The lowest BCUT2D eigenvalue weighted by atomic mass is 9.56. The van der Waals surface area contributed by atoms with Gasteiger partial charge in [-0.05, 0) is 49.9 Å². The summed E-state index contributed by atoms with van der Waals surface area (Å²) in [4.78, 5) is 8.22. The fraction of sp³-hybridized carbons (Fsp3) is 0.462. The molecule has 5 rings (SSSR count). The number of anilines is 1. The highest BCUT2D eigenvalue weighted by atomic mass is 35.5. The number of methoxy groups -OCH3 is 1. The number of benzene rings is 2. The topological polar surface area (TPSA) is 67.3 Å². The zero-order valence-electron chi connectivity index (χ0n) is 19.8. The molecular weight excluding hydrogens is 498 g/mol. The molecule has 0 radical (unpaired) electrons. The summed E-state index contributed by atoms with van der Waals surface area (Å²) < 4.78 is 64.5. The number of fused-ring (bicyclic) bond motifs is 3. The van der Waals surface area contributed by atoms with Crippen LogP contribution in [-0.2, 0) is 5.41 Å². The Labute approximate surface area is 210 Å². The van der Waals surface area contributed by atoms with Crippen molar-refractivity contribution in [1.29, 1.82) is 0 Å². The van der Waals surface area contributed by atoms with Crippen LogP contribution >= 0.6 is 11.6 Å². The maximum absolute atomic E-state index is 14.8. The normalized spacial score (nSPS) is 23.5. The Kier molecular flexibility index (Phi) is 6.07. The zero-order chi connectivity index (χ0) is 25.9. The van der Waals surface area contributed by atoms with E-state index in [1.807, 2.05) is 0 Å². The highest BCUT2D eigenvalue weighted by Gasteiger charge is 2.66. The van der Waals surface area contributed by atoms with E-state index in [1.165, 1.54) is 31.5 Å². The van der Waals surface area contributed by atoms with Crippen molar-refractivity contribution < 1.29 is 27.4 Å². The van der Waals surface area contributed by atoms with Gasteiger partial charge < -0.3 is 15.2 Å². The van der Waals surface area contributed by atoms with Crippen LogP contribution < -0.4 is 10.1 Å². The van der Waals surface area contributed by atoms with Gasteiger partial charge in [0.25, 0.3) is 0 Å². The number of aryl methyl sites for hydroxylation is 1. The van der Waals surface area contributed by atoms with Gasteiger partial charge in [-0.25, -0.2) is 14.4 Å². The molecule has 192 valence electrons. The van der Waals surface area contributed by atoms with Gasteiger partial charge in [0.15, 0.2) is 5.60 Å². The molecule has 2 aliphatic carbocycles. The first kappa shape index (κ1) is 25.0. The van der Waals surface area contributed by atoms with Crippen LogP contribution in [0, 0.1) is 12.7 Å². The average molecular weight is 524 g/mol. The van der Waals surface area contributed by atoms with Crippen LogP contribution in [0.1, 0.15) is 61.5 Å². The number of aliphatic hydroxyl groups is 1. The van der Waals surface area contributed by atoms with Crippen LogP contribution in [0.15, 0.2) is 30.5 Å². The Morgan fingerprint density at radius 3 is 2.53 bits per heavy atom. The highest BCUT2D eigenvalue weighted by Crippen LogP contribution is 2.61. The van der Waals surface area contributed by atoms with Crippen molar-refractivity contribution in [2.45, 2.75) is 68.7 Å². The molecule has 2 aliphatic rings. The predicted molar refractivity (Wildman–Crippen MR) is 129 cm³/mol. The smallest absolute Gasteiger partial charge is 0.419 e.